The predicted molar refractivity (Wildman–Crippen MR) is 101 cm³/mol. The van der Waals surface area contributed by atoms with Crippen molar-refractivity contribution in [2.45, 2.75) is 45.2 Å². The monoisotopic (exact) mass is 345 g/mol. The quantitative estimate of drug-likeness (QED) is 0.588. The Hall–Kier alpha value is -1.56. The largest absolute Gasteiger partial charge is 0.311 e. The van der Waals surface area contributed by atoms with E-state index in [9.17, 15) is 14.4 Å². The lowest BCUT2D eigenvalue weighted by molar-refractivity contribution is -0.121. The summed E-state index contributed by atoms with van der Waals surface area (Å²) in [7, 11) is 0.516. The minimum Gasteiger partial charge on any atom is -0.311 e. The Labute approximate surface area is 148 Å². The second kappa shape index (κ2) is 7.13. The molecule has 0 aromatic heterocycles. The summed E-state index contributed by atoms with van der Waals surface area (Å²) in [6, 6.07) is 7.43. The highest BCUT2D eigenvalue weighted by atomic mass is 32.2. The van der Waals surface area contributed by atoms with Gasteiger partial charge >= 0.3 is 0 Å². The van der Waals surface area contributed by atoms with E-state index in [4.69, 9.17) is 0 Å². The lowest BCUT2D eigenvalue weighted by Crippen LogP contribution is -2.33. The van der Waals surface area contributed by atoms with Gasteiger partial charge in [0.2, 0.25) is 19.1 Å². The smallest absolute Gasteiger partial charge is 0.247 e. The first-order chi connectivity index (χ1) is 11.2. The van der Waals surface area contributed by atoms with Crippen LogP contribution in [0.4, 0.5) is 5.69 Å². The SMILES string of the molecule is CBC(=O)C(C)(C)C(C)c1ccc(N2C(=O)CC(SC)C2=O)cc1. The van der Waals surface area contributed by atoms with Crippen LogP contribution in [0.2, 0.25) is 6.82 Å². The molecule has 0 saturated carbocycles. The summed E-state index contributed by atoms with van der Waals surface area (Å²) in [5.74, 6) is -0.237. The molecular formula is C18H24BNO3S. The summed E-state index contributed by atoms with van der Waals surface area (Å²) in [5, 5.41) is -0.280. The first kappa shape index (κ1) is 18.8. The average molecular weight is 345 g/mol. The second-order valence-electron chi connectivity index (χ2n) is 6.81. The molecule has 2 amide bonds. The van der Waals surface area contributed by atoms with E-state index in [2.05, 4.69) is 0 Å². The van der Waals surface area contributed by atoms with Crippen molar-refractivity contribution in [1.82, 2.24) is 0 Å². The number of thioether (sulfide) groups is 1. The molecule has 0 bridgehead atoms. The van der Waals surface area contributed by atoms with Crippen molar-refractivity contribution in [3.8, 4) is 0 Å². The maximum Gasteiger partial charge on any atom is 0.247 e. The van der Waals surface area contributed by atoms with Crippen LogP contribution in [0.1, 0.15) is 38.7 Å². The summed E-state index contributed by atoms with van der Waals surface area (Å²) >= 11 is 1.41. The van der Waals surface area contributed by atoms with Crippen LogP contribution in [0.25, 0.3) is 0 Å². The van der Waals surface area contributed by atoms with Gasteiger partial charge in [-0.1, -0.05) is 39.7 Å². The number of carbonyl (C=O) groups is 3. The third-order valence-electron chi connectivity index (χ3n) is 5.16. The van der Waals surface area contributed by atoms with Crippen LogP contribution in [-0.4, -0.2) is 36.3 Å². The van der Waals surface area contributed by atoms with Crippen molar-refractivity contribution in [2.75, 3.05) is 11.2 Å². The molecule has 2 atom stereocenters. The third-order valence-corrected chi connectivity index (χ3v) is 6.10. The van der Waals surface area contributed by atoms with Gasteiger partial charge in [-0.05, 0) is 29.9 Å². The van der Waals surface area contributed by atoms with Crippen molar-refractivity contribution in [3.63, 3.8) is 0 Å². The number of carbonyl (C=O) groups excluding carboxylic acids is 3. The number of hydrogen-bond donors (Lipinski definition) is 0. The Morgan fingerprint density at radius 1 is 1.29 bits per heavy atom. The van der Waals surface area contributed by atoms with E-state index in [1.807, 2.05) is 46.0 Å². The standard InChI is InChI=1S/C18H24BNO3S/c1-11(18(2,3)17(23)19-4)12-6-8-13(9-7-12)20-15(21)10-14(24-5)16(20)22/h6-9,11,14,19H,10H2,1-5H3. The van der Waals surface area contributed by atoms with Gasteiger partial charge in [-0.15, -0.1) is 0 Å². The van der Waals surface area contributed by atoms with Crippen LogP contribution >= 0.6 is 11.8 Å². The molecule has 128 valence electrons. The van der Waals surface area contributed by atoms with E-state index < -0.39 is 5.41 Å². The molecule has 1 aromatic rings. The minimum absolute atomic E-state index is 0.0583. The first-order valence-corrected chi connectivity index (χ1v) is 9.55. The number of anilines is 1. The summed E-state index contributed by atoms with van der Waals surface area (Å²) in [6.07, 6.45) is 2.10. The normalized spacial score (nSPS) is 19.5. The summed E-state index contributed by atoms with van der Waals surface area (Å²) < 4.78 is 0. The third kappa shape index (κ3) is 3.29. The van der Waals surface area contributed by atoms with E-state index in [1.54, 1.807) is 12.1 Å². The molecular weight excluding hydrogens is 321 g/mol. The lowest BCUT2D eigenvalue weighted by Gasteiger charge is -2.31. The van der Waals surface area contributed by atoms with E-state index in [-0.39, 0.29) is 35.1 Å². The van der Waals surface area contributed by atoms with Crippen LogP contribution in [0, 0.1) is 5.41 Å². The van der Waals surface area contributed by atoms with Crippen molar-refractivity contribution < 1.29 is 14.4 Å². The van der Waals surface area contributed by atoms with Crippen LogP contribution in [0.3, 0.4) is 0 Å². The summed E-state index contributed by atoms with van der Waals surface area (Å²) in [5.41, 5.74) is 1.43. The summed E-state index contributed by atoms with van der Waals surface area (Å²) in [4.78, 5) is 37.9. The minimum atomic E-state index is -0.445. The van der Waals surface area contributed by atoms with Gasteiger partial charge in [0.25, 0.3) is 0 Å². The van der Waals surface area contributed by atoms with Gasteiger partial charge < -0.3 is 4.79 Å². The zero-order chi connectivity index (χ0) is 18.1. The van der Waals surface area contributed by atoms with Gasteiger partial charge in [0.1, 0.15) is 0 Å². The van der Waals surface area contributed by atoms with Crippen molar-refractivity contribution >= 4 is 42.2 Å². The van der Waals surface area contributed by atoms with Gasteiger partial charge in [0.15, 0.2) is 0 Å². The van der Waals surface area contributed by atoms with Crippen molar-refractivity contribution in [1.29, 1.82) is 0 Å². The molecule has 0 spiro atoms. The Balaban J connectivity index is 2.24. The highest BCUT2D eigenvalue weighted by Crippen LogP contribution is 2.37. The first-order valence-electron chi connectivity index (χ1n) is 8.26. The van der Waals surface area contributed by atoms with Gasteiger partial charge in [-0.2, -0.15) is 11.8 Å². The number of benzene rings is 1. The molecule has 1 aliphatic heterocycles. The fourth-order valence-corrected chi connectivity index (χ4v) is 3.70. The van der Waals surface area contributed by atoms with E-state index in [1.165, 1.54) is 16.7 Å². The molecule has 24 heavy (non-hydrogen) atoms. The lowest BCUT2D eigenvalue weighted by atomic mass is 9.59. The van der Waals surface area contributed by atoms with Crippen LogP contribution < -0.4 is 4.90 Å². The maximum atomic E-state index is 12.3. The van der Waals surface area contributed by atoms with Crippen LogP contribution in [-0.2, 0) is 14.4 Å². The van der Waals surface area contributed by atoms with Gasteiger partial charge in [-0.25, -0.2) is 4.90 Å². The van der Waals surface area contributed by atoms with E-state index >= 15 is 0 Å². The molecule has 1 saturated heterocycles. The Morgan fingerprint density at radius 3 is 2.33 bits per heavy atom. The molecule has 2 rings (SSSR count). The molecule has 6 heteroatoms. The highest BCUT2D eigenvalue weighted by molar-refractivity contribution is 8.00. The highest BCUT2D eigenvalue weighted by Gasteiger charge is 2.39. The molecule has 0 N–H and O–H groups in total. The Morgan fingerprint density at radius 2 is 1.88 bits per heavy atom. The fraction of sp³-hybridized carbons (Fsp3) is 0.500. The fourth-order valence-electron chi connectivity index (χ4n) is 3.09. The van der Waals surface area contributed by atoms with E-state index in [0.29, 0.717) is 13.0 Å². The summed E-state index contributed by atoms with van der Waals surface area (Å²) in [6.45, 7) is 7.85. The number of nitrogens with zero attached hydrogens (tertiary/aromatic N) is 1. The molecule has 1 heterocycles. The Kier molecular flexibility index (Phi) is 5.58. The van der Waals surface area contributed by atoms with Crippen LogP contribution in [0.5, 0.6) is 0 Å². The number of hydrogen-bond acceptors (Lipinski definition) is 4. The number of imide groups is 1. The van der Waals surface area contributed by atoms with Crippen molar-refractivity contribution in [3.05, 3.63) is 29.8 Å². The number of rotatable bonds is 6. The Bertz CT molecular complexity index is 657. The maximum absolute atomic E-state index is 12.3. The topological polar surface area (TPSA) is 54.5 Å². The zero-order valence-electron chi connectivity index (χ0n) is 15.0. The second-order valence-corrected chi connectivity index (χ2v) is 7.85. The molecule has 1 fully saturated rings. The molecule has 0 radical (unpaired) electrons. The molecule has 4 nitrogen and oxygen atoms in total. The van der Waals surface area contributed by atoms with Gasteiger partial charge in [-0.3, -0.25) is 9.59 Å². The van der Waals surface area contributed by atoms with Gasteiger partial charge in [0.05, 0.1) is 16.6 Å². The molecule has 0 aliphatic carbocycles. The molecule has 1 aromatic carbocycles. The zero-order valence-corrected chi connectivity index (χ0v) is 15.8. The van der Waals surface area contributed by atoms with Crippen LogP contribution in [0.15, 0.2) is 24.3 Å². The van der Waals surface area contributed by atoms with Gasteiger partial charge in [0, 0.05) is 11.8 Å². The molecule has 1 aliphatic rings. The molecule has 2 unspecified atom stereocenters. The average Bonchev–Trinajstić information content (AvgIpc) is 2.87. The van der Waals surface area contributed by atoms with E-state index in [0.717, 1.165) is 5.56 Å². The van der Waals surface area contributed by atoms with Crippen molar-refractivity contribution in [2.24, 2.45) is 5.41 Å². The number of amides is 2. The predicted octanol–water partition coefficient (Wildman–Crippen LogP) is 2.82.